The van der Waals surface area contributed by atoms with Gasteiger partial charge >= 0.3 is 0 Å². The van der Waals surface area contributed by atoms with Crippen LogP contribution in [0.25, 0.3) is 6.08 Å². The highest BCUT2D eigenvalue weighted by molar-refractivity contribution is 6.01. The lowest BCUT2D eigenvalue weighted by atomic mass is 10.0. The number of carbonyl (C=O) groups is 1. The van der Waals surface area contributed by atoms with Crippen LogP contribution in [-0.4, -0.2) is 23.9 Å². The zero-order valence-electron chi connectivity index (χ0n) is 16.3. The van der Waals surface area contributed by atoms with Crippen molar-refractivity contribution in [3.8, 4) is 0 Å². The number of hydrogen-bond acceptors (Lipinski definition) is 2. The average Bonchev–Trinajstić information content (AvgIpc) is 2.66. The van der Waals surface area contributed by atoms with E-state index in [1.807, 2.05) is 30.3 Å². The number of benzene rings is 2. The normalized spacial score (nSPS) is 11.5. The van der Waals surface area contributed by atoms with E-state index in [0.717, 1.165) is 30.9 Å². The number of hydrogen-bond donors (Lipinski definition) is 1. The van der Waals surface area contributed by atoms with E-state index in [2.05, 4.69) is 62.2 Å². The summed E-state index contributed by atoms with van der Waals surface area (Å²) in [6.07, 6.45) is 3.42. The number of anilines is 1. The van der Waals surface area contributed by atoms with E-state index < -0.39 is 0 Å². The summed E-state index contributed by atoms with van der Waals surface area (Å²) in [5.74, 6) is 0.399. The van der Waals surface area contributed by atoms with Crippen molar-refractivity contribution in [2.75, 3.05) is 18.4 Å². The Morgan fingerprint density at radius 1 is 1.00 bits per heavy atom. The van der Waals surface area contributed by atoms with Crippen LogP contribution in [0.15, 0.2) is 54.6 Å². The molecule has 0 saturated carbocycles. The van der Waals surface area contributed by atoms with Crippen molar-refractivity contribution in [3.63, 3.8) is 0 Å². The summed E-state index contributed by atoms with van der Waals surface area (Å²) in [5.41, 5.74) is 4.40. The van der Waals surface area contributed by atoms with Crippen LogP contribution in [0.2, 0.25) is 0 Å². The van der Waals surface area contributed by atoms with Crippen molar-refractivity contribution in [1.82, 2.24) is 4.90 Å². The molecule has 0 bridgehead atoms. The largest absolute Gasteiger partial charge is 0.323 e. The van der Waals surface area contributed by atoms with Gasteiger partial charge < -0.3 is 5.32 Å². The van der Waals surface area contributed by atoms with Gasteiger partial charge in [0.15, 0.2) is 0 Å². The quantitative estimate of drug-likeness (QED) is 0.655. The molecule has 0 fully saturated rings. The number of rotatable bonds is 8. The van der Waals surface area contributed by atoms with Crippen LogP contribution in [0.1, 0.15) is 50.3 Å². The lowest BCUT2D eigenvalue weighted by Crippen LogP contribution is -2.22. The van der Waals surface area contributed by atoms with Gasteiger partial charge in [0.05, 0.1) is 0 Å². The Labute approximate surface area is 157 Å². The molecule has 0 aliphatic carbocycles. The third-order valence-corrected chi connectivity index (χ3v) is 4.55. The maximum atomic E-state index is 12.1. The van der Waals surface area contributed by atoms with Crippen molar-refractivity contribution in [1.29, 1.82) is 0 Å². The smallest absolute Gasteiger partial charge is 0.248 e. The monoisotopic (exact) mass is 350 g/mol. The van der Waals surface area contributed by atoms with Gasteiger partial charge in [-0.05, 0) is 53.9 Å². The summed E-state index contributed by atoms with van der Waals surface area (Å²) >= 11 is 0. The fraction of sp³-hybridized carbons (Fsp3) is 0.348. The summed E-state index contributed by atoms with van der Waals surface area (Å²) in [7, 11) is 0. The van der Waals surface area contributed by atoms with Crippen molar-refractivity contribution in [3.05, 3.63) is 71.3 Å². The van der Waals surface area contributed by atoms with E-state index in [1.54, 1.807) is 6.08 Å². The van der Waals surface area contributed by atoms with E-state index >= 15 is 0 Å². The maximum absolute atomic E-state index is 12.1. The Hall–Kier alpha value is -2.39. The van der Waals surface area contributed by atoms with Crippen molar-refractivity contribution in [2.45, 2.75) is 40.2 Å². The van der Waals surface area contributed by atoms with Gasteiger partial charge in [0, 0.05) is 18.3 Å². The third-order valence-electron chi connectivity index (χ3n) is 4.55. The van der Waals surface area contributed by atoms with Gasteiger partial charge in [-0.15, -0.1) is 0 Å². The molecule has 26 heavy (non-hydrogen) atoms. The molecule has 0 aliphatic rings. The summed E-state index contributed by atoms with van der Waals surface area (Å²) in [4.78, 5) is 14.5. The first kappa shape index (κ1) is 19.9. The second-order valence-electron chi connectivity index (χ2n) is 6.80. The highest BCUT2D eigenvalue weighted by atomic mass is 16.1. The predicted octanol–water partition coefficient (Wildman–Crippen LogP) is 5.30. The highest BCUT2D eigenvalue weighted by Crippen LogP contribution is 2.15. The Morgan fingerprint density at radius 2 is 1.62 bits per heavy atom. The first-order valence-corrected chi connectivity index (χ1v) is 9.42. The molecule has 0 unspecified atom stereocenters. The zero-order valence-corrected chi connectivity index (χ0v) is 16.3. The minimum Gasteiger partial charge on any atom is -0.323 e. The summed E-state index contributed by atoms with van der Waals surface area (Å²) in [6.45, 7) is 11.7. The molecule has 0 saturated heterocycles. The molecule has 138 valence electrons. The van der Waals surface area contributed by atoms with Gasteiger partial charge in [0.25, 0.3) is 0 Å². The van der Waals surface area contributed by atoms with Gasteiger partial charge in [0.2, 0.25) is 5.91 Å². The fourth-order valence-electron chi connectivity index (χ4n) is 2.75. The van der Waals surface area contributed by atoms with E-state index in [0.29, 0.717) is 5.92 Å². The van der Waals surface area contributed by atoms with Crippen LogP contribution in [-0.2, 0) is 11.3 Å². The van der Waals surface area contributed by atoms with Gasteiger partial charge in [-0.2, -0.15) is 0 Å². The molecule has 0 spiro atoms. The first-order valence-electron chi connectivity index (χ1n) is 9.42. The number of amides is 1. The number of nitrogens with zero attached hydrogens (tertiary/aromatic N) is 1. The van der Waals surface area contributed by atoms with Crippen LogP contribution in [0, 0.1) is 0 Å². The fourth-order valence-corrected chi connectivity index (χ4v) is 2.75. The molecule has 0 heterocycles. The summed E-state index contributed by atoms with van der Waals surface area (Å²) in [6, 6.07) is 16.4. The van der Waals surface area contributed by atoms with Gasteiger partial charge in [0.1, 0.15) is 0 Å². The molecule has 0 atom stereocenters. The molecule has 2 rings (SSSR count). The Bertz CT molecular complexity index is 711. The maximum Gasteiger partial charge on any atom is 0.248 e. The highest BCUT2D eigenvalue weighted by Gasteiger charge is 2.03. The van der Waals surface area contributed by atoms with E-state index in [9.17, 15) is 4.79 Å². The lowest BCUT2D eigenvalue weighted by molar-refractivity contribution is -0.111. The molecule has 3 heteroatoms. The van der Waals surface area contributed by atoms with Gasteiger partial charge in [-0.3, -0.25) is 9.69 Å². The number of carbonyl (C=O) groups excluding carboxylic acids is 1. The van der Waals surface area contributed by atoms with E-state index in [4.69, 9.17) is 0 Å². The van der Waals surface area contributed by atoms with E-state index in [-0.39, 0.29) is 5.91 Å². The molecule has 0 aliphatic heterocycles. The van der Waals surface area contributed by atoms with Crippen LogP contribution in [0.4, 0.5) is 5.69 Å². The molecule has 2 aromatic carbocycles. The molecule has 3 nitrogen and oxygen atoms in total. The van der Waals surface area contributed by atoms with Gasteiger partial charge in [-0.1, -0.05) is 64.1 Å². The Balaban J connectivity index is 1.90. The van der Waals surface area contributed by atoms with Crippen LogP contribution in [0.3, 0.4) is 0 Å². The summed E-state index contributed by atoms with van der Waals surface area (Å²) in [5, 5.41) is 2.91. The average molecular weight is 351 g/mol. The predicted molar refractivity (Wildman–Crippen MR) is 111 cm³/mol. The summed E-state index contributed by atoms with van der Waals surface area (Å²) < 4.78 is 0. The molecule has 1 amide bonds. The third kappa shape index (κ3) is 6.16. The van der Waals surface area contributed by atoms with Gasteiger partial charge in [-0.25, -0.2) is 0 Å². The Kier molecular flexibility index (Phi) is 7.61. The molecule has 1 N–H and O–H groups in total. The molecule has 2 aromatic rings. The molecular formula is C23H30N2O. The topological polar surface area (TPSA) is 32.3 Å². The second-order valence-corrected chi connectivity index (χ2v) is 6.80. The molecular weight excluding hydrogens is 320 g/mol. The lowest BCUT2D eigenvalue weighted by Gasteiger charge is -2.18. The van der Waals surface area contributed by atoms with Crippen molar-refractivity contribution >= 4 is 17.7 Å². The minimum atomic E-state index is -0.116. The standard InChI is InChI=1S/C23H30N2O/c1-5-25(6-2)17-20-9-14-22(15-10-20)24-23(26)16-11-19-7-12-21(13-8-19)18(3)4/h7-16,18H,5-6,17H2,1-4H3,(H,24,26)/b16-11+. The zero-order chi connectivity index (χ0) is 18.9. The van der Waals surface area contributed by atoms with E-state index in [1.165, 1.54) is 11.1 Å². The van der Waals surface area contributed by atoms with Crippen molar-refractivity contribution < 1.29 is 4.79 Å². The SMILES string of the molecule is CCN(CC)Cc1ccc(NC(=O)/C=C/c2ccc(C(C)C)cc2)cc1. The molecule has 0 radical (unpaired) electrons. The van der Waals surface area contributed by atoms with Crippen LogP contribution < -0.4 is 5.32 Å². The second kappa shape index (κ2) is 9.93. The number of nitrogens with one attached hydrogen (secondary N) is 1. The van der Waals surface area contributed by atoms with Crippen molar-refractivity contribution in [2.24, 2.45) is 0 Å². The molecule has 0 aromatic heterocycles. The Morgan fingerprint density at radius 3 is 2.15 bits per heavy atom. The van der Waals surface area contributed by atoms with Crippen LogP contribution >= 0.6 is 0 Å². The van der Waals surface area contributed by atoms with Crippen LogP contribution in [0.5, 0.6) is 0 Å². The minimum absolute atomic E-state index is 0.116. The first-order chi connectivity index (χ1) is 12.5.